The van der Waals surface area contributed by atoms with E-state index in [1.165, 1.54) is 6.26 Å². The summed E-state index contributed by atoms with van der Waals surface area (Å²) in [6.45, 7) is 3.46. The topological polar surface area (TPSA) is 71.3 Å². The third-order valence-corrected chi connectivity index (χ3v) is 2.48. The molecule has 0 saturated heterocycles. The minimum Gasteiger partial charge on any atom is -0.461 e. The molecule has 0 bridgehead atoms. The van der Waals surface area contributed by atoms with Crippen LogP contribution in [0.1, 0.15) is 24.4 Å². The van der Waals surface area contributed by atoms with Crippen LogP contribution in [0.3, 0.4) is 0 Å². The maximum Gasteiger partial charge on any atom is 0.319 e. The molecule has 1 unspecified atom stereocenters. The molecular formula is C11H12N2O3. The van der Waals surface area contributed by atoms with Crippen molar-refractivity contribution in [2.45, 2.75) is 19.9 Å². The van der Waals surface area contributed by atoms with Crippen LogP contribution in [-0.4, -0.2) is 17.9 Å². The highest BCUT2D eigenvalue weighted by Crippen LogP contribution is 2.17. The summed E-state index contributed by atoms with van der Waals surface area (Å²) in [7, 11) is 0. The van der Waals surface area contributed by atoms with E-state index in [4.69, 9.17) is 4.42 Å². The first-order chi connectivity index (χ1) is 7.59. The van der Waals surface area contributed by atoms with Crippen LogP contribution in [0.4, 0.5) is 4.79 Å². The molecule has 0 spiro atoms. The molecule has 5 nitrogen and oxygen atoms in total. The molecule has 1 aromatic rings. The predicted octanol–water partition coefficient (Wildman–Crippen LogP) is 1.44. The number of Topliss-reactive ketones (excluding diaryl/α,β-unsaturated/α-hetero) is 1. The summed E-state index contributed by atoms with van der Waals surface area (Å²) in [6.07, 6.45) is 1.45. The average Bonchev–Trinajstić information content (AvgIpc) is 2.67. The Morgan fingerprint density at radius 2 is 2.25 bits per heavy atom. The second-order valence-corrected chi connectivity index (χ2v) is 3.67. The fourth-order valence-corrected chi connectivity index (χ4v) is 1.77. The number of urea groups is 1. The Kier molecular flexibility index (Phi) is 2.52. The van der Waals surface area contributed by atoms with Crippen molar-refractivity contribution < 1.29 is 14.0 Å². The second kappa shape index (κ2) is 3.84. The second-order valence-electron chi connectivity index (χ2n) is 3.67. The monoisotopic (exact) mass is 220 g/mol. The number of rotatable bonds is 2. The van der Waals surface area contributed by atoms with Gasteiger partial charge in [-0.05, 0) is 26.0 Å². The van der Waals surface area contributed by atoms with Gasteiger partial charge >= 0.3 is 6.03 Å². The molecule has 1 aliphatic heterocycles. The van der Waals surface area contributed by atoms with Gasteiger partial charge in [0.1, 0.15) is 0 Å². The lowest BCUT2D eigenvalue weighted by Gasteiger charge is -2.24. The molecule has 0 aromatic carbocycles. The SMILES string of the molecule is CC1=C(C(=O)c2ccco2)C(C)NC(=O)N1. The minimum absolute atomic E-state index is 0.206. The Labute approximate surface area is 92.5 Å². The van der Waals surface area contributed by atoms with E-state index >= 15 is 0 Å². The third-order valence-electron chi connectivity index (χ3n) is 2.48. The normalized spacial score (nSPS) is 20.4. The Balaban J connectivity index is 2.36. The zero-order valence-corrected chi connectivity index (χ0v) is 9.03. The molecule has 5 heteroatoms. The van der Waals surface area contributed by atoms with Crippen LogP contribution in [0.5, 0.6) is 0 Å². The lowest BCUT2D eigenvalue weighted by molar-refractivity contribution is 0.0994. The van der Waals surface area contributed by atoms with Gasteiger partial charge in [0.25, 0.3) is 0 Å². The fourth-order valence-electron chi connectivity index (χ4n) is 1.77. The lowest BCUT2D eigenvalue weighted by atomic mass is 9.99. The highest BCUT2D eigenvalue weighted by Gasteiger charge is 2.28. The maximum absolute atomic E-state index is 12.0. The summed E-state index contributed by atoms with van der Waals surface area (Å²) in [5, 5.41) is 5.20. The van der Waals surface area contributed by atoms with Gasteiger partial charge in [0.2, 0.25) is 5.78 Å². The molecular weight excluding hydrogens is 208 g/mol. The van der Waals surface area contributed by atoms with Crippen molar-refractivity contribution in [2.24, 2.45) is 0 Å². The fraction of sp³-hybridized carbons (Fsp3) is 0.273. The summed E-state index contributed by atoms with van der Waals surface area (Å²) in [6, 6.07) is 2.65. The molecule has 1 atom stereocenters. The molecule has 2 heterocycles. The molecule has 0 aliphatic carbocycles. The van der Waals surface area contributed by atoms with E-state index < -0.39 is 0 Å². The van der Waals surface area contributed by atoms with Crippen molar-refractivity contribution >= 4 is 11.8 Å². The quantitative estimate of drug-likeness (QED) is 0.741. The van der Waals surface area contributed by atoms with E-state index in [9.17, 15) is 9.59 Å². The summed E-state index contributed by atoms with van der Waals surface area (Å²) in [4.78, 5) is 23.2. The van der Waals surface area contributed by atoms with Crippen LogP contribution in [0.25, 0.3) is 0 Å². The molecule has 1 aliphatic rings. The van der Waals surface area contributed by atoms with Gasteiger partial charge in [-0.25, -0.2) is 4.79 Å². The van der Waals surface area contributed by atoms with Gasteiger partial charge in [-0.15, -0.1) is 0 Å². The Morgan fingerprint density at radius 3 is 2.81 bits per heavy atom. The molecule has 1 aromatic heterocycles. The number of carbonyl (C=O) groups is 2. The summed E-state index contributed by atoms with van der Waals surface area (Å²) in [5.74, 6) is 0.0710. The van der Waals surface area contributed by atoms with Crippen LogP contribution < -0.4 is 10.6 Å². The number of furan rings is 1. The third kappa shape index (κ3) is 1.71. The van der Waals surface area contributed by atoms with Crippen LogP contribution in [0, 0.1) is 0 Å². The van der Waals surface area contributed by atoms with Gasteiger partial charge in [-0.2, -0.15) is 0 Å². The Hall–Kier alpha value is -2.04. The van der Waals surface area contributed by atoms with E-state index in [1.54, 1.807) is 26.0 Å². The summed E-state index contributed by atoms with van der Waals surface area (Å²) >= 11 is 0. The van der Waals surface area contributed by atoms with Crippen molar-refractivity contribution in [3.8, 4) is 0 Å². The molecule has 0 saturated carbocycles. The standard InChI is InChI=1S/C11H12N2O3/c1-6-9(7(2)13-11(15)12-6)10(14)8-4-3-5-16-8/h3-6H,1-2H3,(H2,12,13,15). The van der Waals surface area contributed by atoms with E-state index in [2.05, 4.69) is 10.6 Å². The van der Waals surface area contributed by atoms with Crippen LogP contribution in [-0.2, 0) is 0 Å². The van der Waals surface area contributed by atoms with Gasteiger partial charge in [0.15, 0.2) is 5.76 Å². The summed E-state index contributed by atoms with van der Waals surface area (Å²) in [5.41, 5.74) is 1.09. The van der Waals surface area contributed by atoms with Crippen molar-refractivity contribution in [1.82, 2.24) is 10.6 Å². The van der Waals surface area contributed by atoms with E-state index in [0.29, 0.717) is 11.3 Å². The molecule has 2 N–H and O–H groups in total. The molecule has 16 heavy (non-hydrogen) atoms. The van der Waals surface area contributed by atoms with Crippen molar-refractivity contribution in [1.29, 1.82) is 0 Å². The van der Waals surface area contributed by atoms with Crippen molar-refractivity contribution in [3.63, 3.8) is 0 Å². The van der Waals surface area contributed by atoms with Gasteiger partial charge in [-0.3, -0.25) is 4.79 Å². The number of allylic oxidation sites excluding steroid dienone is 1. The predicted molar refractivity (Wildman–Crippen MR) is 56.9 cm³/mol. The molecule has 84 valence electrons. The molecule has 0 radical (unpaired) electrons. The van der Waals surface area contributed by atoms with E-state index in [-0.39, 0.29) is 23.6 Å². The largest absolute Gasteiger partial charge is 0.461 e. The summed E-state index contributed by atoms with van der Waals surface area (Å²) < 4.78 is 5.05. The lowest BCUT2D eigenvalue weighted by Crippen LogP contribution is -2.48. The number of ketones is 1. The van der Waals surface area contributed by atoms with Crippen molar-refractivity contribution in [3.05, 3.63) is 35.4 Å². The minimum atomic E-state index is -0.314. The van der Waals surface area contributed by atoms with Gasteiger partial charge < -0.3 is 15.1 Å². The first-order valence-electron chi connectivity index (χ1n) is 4.96. The van der Waals surface area contributed by atoms with Crippen LogP contribution in [0.15, 0.2) is 34.1 Å². The number of nitrogens with one attached hydrogen (secondary N) is 2. The maximum atomic E-state index is 12.0. The van der Waals surface area contributed by atoms with Crippen molar-refractivity contribution in [2.75, 3.05) is 0 Å². The van der Waals surface area contributed by atoms with Gasteiger partial charge in [0, 0.05) is 11.3 Å². The number of hydrogen-bond donors (Lipinski definition) is 2. The zero-order valence-electron chi connectivity index (χ0n) is 9.03. The first kappa shape index (κ1) is 10.5. The Bertz CT molecular complexity index is 460. The molecule has 0 fully saturated rings. The number of amides is 2. The van der Waals surface area contributed by atoms with Crippen LogP contribution in [0.2, 0.25) is 0 Å². The molecule has 2 amide bonds. The van der Waals surface area contributed by atoms with Gasteiger partial charge in [-0.1, -0.05) is 0 Å². The number of hydrogen-bond acceptors (Lipinski definition) is 3. The van der Waals surface area contributed by atoms with E-state index in [0.717, 1.165) is 0 Å². The first-order valence-corrected chi connectivity index (χ1v) is 4.96. The Morgan fingerprint density at radius 1 is 1.50 bits per heavy atom. The smallest absolute Gasteiger partial charge is 0.319 e. The number of carbonyl (C=O) groups excluding carboxylic acids is 2. The molecule has 2 rings (SSSR count). The van der Waals surface area contributed by atoms with Gasteiger partial charge in [0.05, 0.1) is 12.3 Å². The van der Waals surface area contributed by atoms with Crippen LogP contribution >= 0.6 is 0 Å². The highest BCUT2D eigenvalue weighted by molar-refractivity contribution is 6.09. The highest BCUT2D eigenvalue weighted by atomic mass is 16.3. The average molecular weight is 220 g/mol. The zero-order chi connectivity index (χ0) is 11.7. The van der Waals surface area contributed by atoms with E-state index in [1.807, 2.05) is 0 Å².